The third-order valence-electron chi connectivity index (χ3n) is 4.54. The minimum absolute atomic E-state index is 0.0836. The van der Waals surface area contributed by atoms with E-state index in [2.05, 4.69) is 10.3 Å². The topological polar surface area (TPSA) is 82.8 Å². The van der Waals surface area contributed by atoms with Gasteiger partial charge in [-0.15, -0.1) is 0 Å². The fraction of sp³-hybridized carbons (Fsp3) is 0.556. The zero-order chi connectivity index (χ0) is 19.3. The van der Waals surface area contributed by atoms with Gasteiger partial charge in [-0.05, 0) is 66.1 Å². The molecule has 0 radical (unpaired) electrons. The summed E-state index contributed by atoms with van der Waals surface area (Å²) in [5.41, 5.74) is 0.563. The van der Waals surface area contributed by atoms with Gasteiger partial charge in [0.05, 0.1) is 11.2 Å². The number of fused-ring (bicyclic) bond motifs is 1. The number of ether oxygens (including phenoxy) is 1. The second kappa shape index (κ2) is 5.99. The van der Waals surface area contributed by atoms with Crippen molar-refractivity contribution in [3.63, 3.8) is 0 Å². The van der Waals surface area contributed by atoms with Crippen molar-refractivity contribution in [1.82, 2.24) is 4.98 Å². The molecule has 26 heavy (non-hydrogen) atoms. The van der Waals surface area contributed by atoms with Crippen LogP contribution in [0.25, 0.3) is 11.1 Å². The van der Waals surface area contributed by atoms with Crippen LogP contribution in [0, 0.1) is 0 Å². The lowest BCUT2D eigenvalue weighted by molar-refractivity contribution is 0.00578. The van der Waals surface area contributed by atoms with Crippen molar-refractivity contribution >= 4 is 35.8 Å². The van der Waals surface area contributed by atoms with E-state index in [1.807, 2.05) is 39.8 Å². The van der Waals surface area contributed by atoms with Gasteiger partial charge in [-0.2, -0.15) is 4.98 Å². The number of rotatable bonds is 2. The lowest BCUT2D eigenvalue weighted by Gasteiger charge is -2.32. The van der Waals surface area contributed by atoms with E-state index in [0.717, 1.165) is 5.46 Å². The van der Waals surface area contributed by atoms with Gasteiger partial charge < -0.3 is 18.5 Å². The fourth-order valence-corrected chi connectivity index (χ4v) is 2.51. The number of carbonyl (C=O) groups is 1. The van der Waals surface area contributed by atoms with Gasteiger partial charge in [0, 0.05) is 0 Å². The summed E-state index contributed by atoms with van der Waals surface area (Å²) in [4.78, 5) is 16.1. The number of aromatic nitrogens is 1. The maximum absolute atomic E-state index is 11.9. The Kier molecular flexibility index (Phi) is 4.32. The molecule has 3 rings (SSSR count). The first-order valence-electron chi connectivity index (χ1n) is 8.62. The first-order chi connectivity index (χ1) is 11.9. The first kappa shape index (κ1) is 18.7. The average Bonchev–Trinajstić information content (AvgIpc) is 2.93. The summed E-state index contributed by atoms with van der Waals surface area (Å²) in [6, 6.07) is 5.57. The standard InChI is InChI=1S/C18H25BN2O5/c1-16(2,3)24-15(22)21-14-20-12-10-11(8-9-13(12)23-14)19-25-17(4,5)18(6,7)26-19/h8-10H,1-7H3,(H,20,21,22). The van der Waals surface area contributed by atoms with Crippen LogP contribution in [0.4, 0.5) is 10.8 Å². The van der Waals surface area contributed by atoms with Gasteiger partial charge >= 0.3 is 19.2 Å². The quantitative estimate of drug-likeness (QED) is 0.826. The van der Waals surface area contributed by atoms with Crippen molar-refractivity contribution in [2.24, 2.45) is 0 Å². The molecule has 0 bridgehead atoms. The van der Waals surface area contributed by atoms with Crippen LogP contribution in [0.1, 0.15) is 48.5 Å². The van der Waals surface area contributed by atoms with E-state index in [-0.39, 0.29) is 6.01 Å². The number of benzene rings is 1. The van der Waals surface area contributed by atoms with Crippen molar-refractivity contribution in [3.05, 3.63) is 18.2 Å². The number of amides is 1. The van der Waals surface area contributed by atoms with E-state index in [0.29, 0.717) is 11.1 Å². The van der Waals surface area contributed by atoms with Gasteiger partial charge in [0.2, 0.25) is 0 Å². The predicted octanol–water partition coefficient (Wildman–Crippen LogP) is 3.47. The van der Waals surface area contributed by atoms with Crippen molar-refractivity contribution in [1.29, 1.82) is 0 Å². The zero-order valence-corrected chi connectivity index (χ0v) is 16.3. The lowest BCUT2D eigenvalue weighted by Crippen LogP contribution is -2.41. The van der Waals surface area contributed by atoms with E-state index in [1.54, 1.807) is 26.8 Å². The molecule has 2 heterocycles. The predicted molar refractivity (Wildman–Crippen MR) is 99.6 cm³/mol. The Bertz CT molecular complexity index is 822. The average molecular weight is 360 g/mol. The molecule has 7 nitrogen and oxygen atoms in total. The normalized spacial score (nSPS) is 19.0. The highest BCUT2D eigenvalue weighted by molar-refractivity contribution is 6.62. The number of anilines is 1. The Hall–Kier alpha value is -2.06. The van der Waals surface area contributed by atoms with Gasteiger partial charge in [0.25, 0.3) is 0 Å². The van der Waals surface area contributed by atoms with Crippen molar-refractivity contribution in [2.75, 3.05) is 5.32 Å². The van der Waals surface area contributed by atoms with Crippen LogP contribution >= 0.6 is 0 Å². The van der Waals surface area contributed by atoms with E-state index < -0.39 is 30.0 Å². The van der Waals surface area contributed by atoms with E-state index in [1.165, 1.54) is 0 Å². The van der Waals surface area contributed by atoms with E-state index in [9.17, 15) is 4.79 Å². The molecule has 0 unspecified atom stereocenters. The van der Waals surface area contributed by atoms with Gasteiger partial charge in [0.1, 0.15) is 11.1 Å². The molecule has 1 saturated heterocycles. The largest absolute Gasteiger partial charge is 0.494 e. The lowest BCUT2D eigenvalue weighted by atomic mass is 9.79. The summed E-state index contributed by atoms with van der Waals surface area (Å²) >= 11 is 0. The molecule has 2 aromatic rings. The molecule has 1 aromatic carbocycles. The number of hydrogen-bond acceptors (Lipinski definition) is 6. The van der Waals surface area contributed by atoms with Crippen LogP contribution < -0.4 is 10.8 Å². The van der Waals surface area contributed by atoms with Crippen LogP contribution in [0.3, 0.4) is 0 Å². The number of nitrogens with zero attached hydrogens (tertiary/aromatic N) is 1. The van der Waals surface area contributed by atoms with Gasteiger partial charge in [-0.25, -0.2) is 10.1 Å². The number of oxazole rings is 1. The molecular weight excluding hydrogens is 335 g/mol. The number of carbonyl (C=O) groups excluding carboxylic acids is 1. The summed E-state index contributed by atoms with van der Waals surface area (Å²) in [5.74, 6) is 0. The molecule has 8 heteroatoms. The summed E-state index contributed by atoms with van der Waals surface area (Å²) in [7, 11) is -0.483. The molecule has 140 valence electrons. The molecule has 1 aromatic heterocycles. The Morgan fingerprint density at radius 2 is 1.77 bits per heavy atom. The third kappa shape index (κ3) is 3.71. The summed E-state index contributed by atoms with van der Waals surface area (Å²) in [6.45, 7) is 13.4. The maximum Gasteiger partial charge on any atom is 0.494 e. The zero-order valence-electron chi connectivity index (χ0n) is 16.3. The Morgan fingerprint density at radius 1 is 1.15 bits per heavy atom. The Labute approximate surface area is 153 Å². The van der Waals surface area contributed by atoms with Gasteiger partial charge in [-0.1, -0.05) is 6.07 Å². The van der Waals surface area contributed by atoms with Crippen molar-refractivity contribution in [2.45, 2.75) is 65.3 Å². The van der Waals surface area contributed by atoms with E-state index in [4.69, 9.17) is 18.5 Å². The SMILES string of the molecule is CC(C)(C)OC(=O)Nc1nc2cc(B3OC(C)(C)C(C)(C)O3)ccc2o1. The molecule has 1 aliphatic rings. The first-order valence-corrected chi connectivity index (χ1v) is 8.62. The second-order valence-corrected chi connectivity index (χ2v) is 8.46. The molecule has 1 N–H and O–H groups in total. The van der Waals surface area contributed by atoms with Crippen LogP contribution in [-0.2, 0) is 14.0 Å². The smallest absolute Gasteiger partial charge is 0.443 e. The Balaban J connectivity index is 1.79. The number of hydrogen-bond donors (Lipinski definition) is 1. The van der Waals surface area contributed by atoms with Crippen LogP contribution in [-0.4, -0.2) is 35.0 Å². The molecule has 1 amide bonds. The summed E-state index contributed by atoms with van der Waals surface area (Å²) in [6.07, 6.45) is -0.616. The highest BCUT2D eigenvalue weighted by Gasteiger charge is 2.51. The second-order valence-electron chi connectivity index (χ2n) is 8.46. The minimum Gasteiger partial charge on any atom is -0.443 e. The maximum atomic E-state index is 11.9. The Morgan fingerprint density at radius 3 is 2.35 bits per heavy atom. The monoisotopic (exact) mass is 360 g/mol. The van der Waals surface area contributed by atoms with Crippen LogP contribution in [0.5, 0.6) is 0 Å². The summed E-state index contributed by atoms with van der Waals surface area (Å²) < 4.78 is 22.9. The van der Waals surface area contributed by atoms with Gasteiger partial charge in [-0.3, -0.25) is 0 Å². The molecule has 0 saturated carbocycles. The molecule has 0 aliphatic carbocycles. The number of nitrogens with one attached hydrogen (secondary N) is 1. The molecule has 0 spiro atoms. The molecule has 0 atom stereocenters. The van der Waals surface area contributed by atoms with E-state index >= 15 is 0 Å². The van der Waals surface area contributed by atoms with Crippen molar-refractivity contribution in [3.8, 4) is 0 Å². The summed E-state index contributed by atoms with van der Waals surface area (Å²) in [5, 5.41) is 2.50. The minimum atomic E-state index is -0.616. The molecular formula is C18H25BN2O5. The highest BCUT2D eigenvalue weighted by Crippen LogP contribution is 2.36. The molecule has 1 aliphatic heterocycles. The molecule has 1 fully saturated rings. The van der Waals surface area contributed by atoms with Crippen LogP contribution in [0.15, 0.2) is 22.6 Å². The highest BCUT2D eigenvalue weighted by atomic mass is 16.7. The van der Waals surface area contributed by atoms with Crippen LogP contribution in [0.2, 0.25) is 0 Å². The third-order valence-corrected chi connectivity index (χ3v) is 4.54. The van der Waals surface area contributed by atoms with Crippen molar-refractivity contribution < 1.29 is 23.3 Å². The van der Waals surface area contributed by atoms with Gasteiger partial charge in [0.15, 0.2) is 5.58 Å². The fourth-order valence-electron chi connectivity index (χ4n) is 2.51.